The standard InChI is InChI=1S/C23H23FN4S/c24-16-10-12-18(13-11-16)28-22(20-9-5-15-27(20)17-6-1-2-7-17)21(26-23(28)29)19-8-3-4-14-25-19/h3-5,8-15,17,21-22H,1-2,6-7H2,(H,26,29)/t21-,22-/m0/s1. The van der Waals surface area contributed by atoms with Gasteiger partial charge in [-0.05, 0) is 73.6 Å². The SMILES string of the molecule is Fc1ccc(N2C(=S)N[C@@H](c3ccccn3)[C@@H]2c2cccn2C2CCCC2)cc1. The van der Waals surface area contributed by atoms with Crippen molar-refractivity contribution < 1.29 is 4.39 Å². The minimum atomic E-state index is -0.251. The van der Waals surface area contributed by atoms with Crippen LogP contribution in [0.2, 0.25) is 0 Å². The van der Waals surface area contributed by atoms with Crippen LogP contribution in [0.4, 0.5) is 10.1 Å². The third kappa shape index (κ3) is 3.31. The minimum absolute atomic E-state index is 0.0570. The summed E-state index contributed by atoms with van der Waals surface area (Å²) in [5, 5.41) is 4.11. The Morgan fingerprint density at radius 3 is 2.52 bits per heavy atom. The monoisotopic (exact) mass is 406 g/mol. The molecule has 1 aliphatic heterocycles. The first kappa shape index (κ1) is 18.3. The van der Waals surface area contributed by atoms with Crippen molar-refractivity contribution in [3.63, 3.8) is 0 Å². The Labute approximate surface area is 175 Å². The van der Waals surface area contributed by atoms with E-state index in [9.17, 15) is 4.39 Å². The molecule has 2 aliphatic rings. The molecule has 2 aromatic heterocycles. The van der Waals surface area contributed by atoms with Crippen LogP contribution in [0.5, 0.6) is 0 Å². The van der Waals surface area contributed by atoms with Crippen molar-refractivity contribution in [3.8, 4) is 0 Å². The molecule has 6 heteroatoms. The number of halogens is 1. The van der Waals surface area contributed by atoms with Crippen LogP contribution in [-0.2, 0) is 0 Å². The van der Waals surface area contributed by atoms with E-state index < -0.39 is 0 Å². The number of aromatic nitrogens is 2. The second kappa shape index (κ2) is 7.59. The smallest absolute Gasteiger partial charge is 0.174 e. The molecule has 1 aromatic carbocycles. The number of pyridine rings is 1. The number of anilines is 1. The molecule has 0 unspecified atom stereocenters. The molecule has 0 bridgehead atoms. The second-order valence-electron chi connectivity index (χ2n) is 7.75. The van der Waals surface area contributed by atoms with E-state index in [0.29, 0.717) is 11.2 Å². The number of benzene rings is 1. The molecule has 0 spiro atoms. The van der Waals surface area contributed by atoms with E-state index in [1.165, 1.54) is 43.5 Å². The van der Waals surface area contributed by atoms with Gasteiger partial charge in [0.05, 0.1) is 11.7 Å². The molecule has 29 heavy (non-hydrogen) atoms. The Hall–Kier alpha value is -2.73. The number of hydrogen-bond donors (Lipinski definition) is 1. The fraction of sp³-hybridized carbons (Fsp3) is 0.304. The van der Waals surface area contributed by atoms with E-state index in [-0.39, 0.29) is 17.9 Å². The second-order valence-corrected chi connectivity index (χ2v) is 8.14. The van der Waals surface area contributed by atoms with Crippen molar-refractivity contribution in [2.45, 2.75) is 43.8 Å². The highest BCUT2D eigenvalue weighted by Gasteiger charge is 2.42. The number of rotatable bonds is 4. The van der Waals surface area contributed by atoms with Gasteiger partial charge in [-0.2, -0.15) is 0 Å². The minimum Gasteiger partial charge on any atom is -0.351 e. The fourth-order valence-electron chi connectivity index (χ4n) is 4.71. The maximum atomic E-state index is 13.6. The molecular weight excluding hydrogens is 383 g/mol. The van der Waals surface area contributed by atoms with Gasteiger partial charge in [-0.25, -0.2) is 4.39 Å². The highest BCUT2D eigenvalue weighted by atomic mass is 32.1. The number of hydrogen-bond acceptors (Lipinski definition) is 2. The Bertz CT molecular complexity index is 995. The average molecular weight is 407 g/mol. The van der Waals surface area contributed by atoms with Gasteiger partial charge >= 0.3 is 0 Å². The summed E-state index contributed by atoms with van der Waals surface area (Å²) in [7, 11) is 0. The van der Waals surface area contributed by atoms with Crippen LogP contribution in [0.15, 0.2) is 67.0 Å². The molecule has 4 nitrogen and oxygen atoms in total. The average Bonchev–Trinajstić information content (AvgIpc) is 3.48. The first-order chi connectivity index (χ1) is 14.2. The molecule has 2 fully saturated rings. The molecule has 3 heterocycles. The predicted molar refractivity (Wildman–Crippen MR) is 116 cm³/mol. The van der Waals surface area contributed by atoms with E-state index in [2.05, 4.69) is 38.1 Å². The molecule has 1 saturated carbocycles. The summed E-state index contributed by atoms with van der Waals surface area (Å²) in [5.74, 6) is -0.251. The van der Waals surface area contributed by atoms with Gasteiger partial charge in [0.15, 0.2) is 5.11 Å². The van der Waals surface area contributed by atoms with Crippen LogP contribution in [0.25, 0.3) is 0 Å². The van der Waals surface area contributed by atoms with Crippen molar-refractivity contribution in [2.24, 2.45) is 0 Å². The molecular formula is C23H23FN4S. The van der Waals surface area contributed by atoms with Gasteiger partial charge in [0.2, 0.25) is 0 Å². The summed E-state index contributed by atoms with van der Waals surface area (Å²) < 4.78 is 16.0. The van der Waals surface area contributed by atoms with E-state index in [4.69, 9.17) is 12.2 Å². The summed E-state index contributed by atoms with van der Waals surface area (Å²) >= 11 is 5.75. The van der Waals surface area contributed by atoms with Crippen molar-refractivity contribution in [1.82, 2.24) is 14.9 Å². The summed E-state index contributed by atoms with van der Waals surface area (Å²) in [5.41, 5.74) is 3.04. The van der Waals surface area contributed by atoms with Crippen molar-refractivity contribution in [3.05, 3.63) is 84.2 Å². The van der Waals surface area contributed by atoms with Crippen LogP contribution in [0.3, 0.4) is 0 Å². The van der Waals surface area contributed by atoms with Crippen molar-refractivity contribution in [2.75, 3.05) is 4.90 Å². The highest BCUT2D eigenvalue weighted by molar-refractivity contribution is 7.80. The van der Waals surface area contributed by atoms with Crippen LogP contribution in [-0.4, -0.2) is 14.7 Å². The third-order valence-corrected chi connectivity index (χ3v) is 6.35. The molecule has 1 aliphatic carbocycles. The van der Waals surface area contributed by atoms with Gasteiger partial charge in [-0.1, -0.05) is 18.9 Å². The van der Waals surface area contributed by atoms with Gasteiger partial charge in [-0.3, -0.25) is 4.98 Å². The molecule has 3 aromatic rings. The maximum Gasteiger partial charge on any atom is 0.174 e. The largest absolute Gasteiger partial charge is 0.351 e. The molecule has 5 rings (SSSR count). The summed E-state index contributed by atoms with van der Waals surface area (Å²) in [6.45, 7) is 0. The Balaban J connectivity index is 1.62. The fourth-order valence-corrected chi connectivity index (χ4v) is 5.05. The summed E-state index contributed by atoms with van der Waals surface area (Å²) in [6, 6.07) is 17.2. The maximum absolute atomic E-state index is 13.6. The summed E-state index contributed by atoms with van der Waals surface area (Å²) in [6.07, 6.45) is 8.96. The van der Waals surface area contributed by atoms with Crippen molar-refractivity contribution >= 4 is 23.0 Å². The topological polar surface area (TPSA) is 33.1 Å². The Morgan fingerprint density at radius 2 is 1.79 bits per heavy atom. The Morgan fingerprint density at radius 1 is 1.00 bits per heavy atom. The molecule has 2 atom stereocenters. The van der Waals surface area contributed by atoms with Crippen molar-refractivity contribution in [1.29, 1.82) is 0 Å². The number of thiocarbonyl (C=S) groups is 1. The Kier molecular flexibility index (Phi) is 4.79. The molecule has 148 valence electrons. The predicted octanol–water partition coefficient (Wildman–Crippen LogP) is 5.31. The van der Waals surface area contributed by atoms with E-state index in [0.717, 1.165) is 11.4 Å². The van der Waals surface area contributed by atoms with Crippen LogP contribution in [0, 0.1) is 5.82 Å². The van der Waals surface area contributed by atoms with E-state index in [1.807, 2.05) is 24.4 Å². The lowest BCUT2D eigenvalue weighted by molar-refractivity contribution is 0.461. The zero-order valence-electron chi connectivity index (χ0n) is 16.0. The quantitative estimate of drug-likeness (QED) is 0.595. The van der Waals surface area contributed by atoms with Crippen LogP contribution in [0.1, 0.15) is 55.2 Å². The van der Waals surface area contributed by atoms with Gasteiger partial charge in [0.1, 0.15) is 11.9 Å². The van der Waals surface area contributed by atoms with Gasteiger partial charge in [-0.15, -0.1) is 0 Å². The molecule has 1 saturated heterocycles. The lowest BCUT2D eigenvalue weighted by Crippen LogP contribution is -2.30. The molecule has 1 N–H and O–H groups in total. The molecule has 0 radical (unpaired) electrons. The normalized spacial score (nSPS) is 22.2. The first-order valence-corrected chi connectivity index (χ1v) is 10.6. The number of nitrogens with zero attached hydrogens (tertiary/aromatic N) is 3. The number of nitrogens with one attached hydrogen (secondary N) is 1. The van der Waals surface area contributed by atoms with Gasteiger partial charge in [0, 0.05) is 29.8 Å². The summed E-state index contributed by atoms with van der Waals surface area (Å²) in [4.78, 5) is 6.71. The zero-order chi connectivity index (χ0) is 19.8. The van der Waals surface area contributed by atoms with E-state index in [1.54, 1.807) is 12.1 Å². The molecule has 0 amide bonds. The highest BCUT2D eigenvalue weighted by Crippen LogP contribution is 2.43. The third-order valence-electron chi connectivity index (χ3n) is 6.04. The van der Waals surface area contributed by atoms with Gasteiger partial charge < -0.3 is 14.8 Å². The lowest BCUT2D eigenvalue weighted by atomic mass is 10.00. The van der Waals surface area contributed by atoms with Gasteiger partial charge in [0.25, 0.3) is 0 Å². The van der Waals surface area contributed by atoms with Crippen LogP contribution < -0.4 is 10.2 Å². The first-order valence-electron chi connectivity index (χ1n) is 10.2. The lowest BCUT2D eigenvalue weighted by Gasteiger charge is -2.30. The van der Waals surface area contributed by atoms with Crippen LogP contribution >= 0.6 is 12.2 Å². The van der Waals surface area contributed by atoms with E-state index >= 15 is 0 Å². The zero-order valence-corrected chi connectivity index (χ0v) is 16.9.